The zero-order chi connectivity index (χ0) is 21.0. The lowest BCUT2D eigenvalue weighted by Crippen LogP contribution is -2.13. The summed E-state index contributed by atoms with van der Waals surface area (Å²) in [6.07, 6.45) is 0.979. The third kappa shape index (κ3) is 4.94. The molecule has 0 radical (unpaired) electrons. The molecule has 1 aromatic heterocycles. The molecule has 2 aromatic carbocycles. The highest BCUT2D eigenvalue weighted by Gasteiger charge is 2.21. The summed E-state index contributed by atoms with van der Waals surface area (Å²) in [5, 5.41) is 9.11. The molecule has 29 heavy (non-hydrogen) atoms. The average Bonchev–Trinajstić information content (AvgIpc) is 3.07. The first-order valence-corrected chi connectivity index (χ1v) is 9.98. The number of halogens is 4. The van der Waals surface area contributed by atoms with Gasteiger partial charge in [-0.05, 0) is 31.2 Å². The second kappa shape index (κ2) is 9.37. The van der Waals surface area contributed by atoms with Crippen LogP contribution in [0.3, 0.4) is 0 Å². The highest BCUT2D eigenvalue weighted by molar-refractivity contribution is 7.98. The maximum atomic E-state index is 14.0. The van der Waals surface area contributed by atoms with Crippen molar-refractivity contribution in [3.05, 3.63) is 82.9 Å². The molecule has 0 aliphatic rings. The van der Waals surface area contributed by atoms with Gasteiger partial charge in [0.2, 0.25) is 0 Å². The molecule has 3 aromatic rings. The molecule has 0 fully saturated rings. The molecular weight excluding hydrogens is 423 g/mol. The lowest BCUT2D eigenvalue weighted by atomic mass is 10.2. The van der Waals surface area contributed by atoms with Crippen LogP contribution in [-0.2, 0) is 12.3 Å². The summed E-state index contributed by atoms with van der Waals surface area (Å²) in [7, 11) is 0. The quantitative estimate of drug-likeness (QED) is 0.320. The van der Waals surface area contributed by atoms with Crippen LogP contribution in [0.1, 0.15) is 24.4 Å². The number of allylic oxidation sites excluding steroid dienone is 1. The van der Waals surface area contributed by atoms with Crippen molar-refractivity contribution in [1.82, 2.24) is 14.8 Å². The van der Waals surface area contributed by atoms with Crippen molar-refractivity contribution in [3.63, 3.8) is 0 Å². The Morgan fingerprint density at radius 3 is 2.69 bits per heavy atom. The second-order valence-corrected chi connectivity index (χ2v) is 7.41. The van der Waals surface area contributed by atoms with E-state index in [-0.39, 0.29) is 11.5 Å². The van der Waals surface area contributed by atoms with Crippen molar-refractivity contribution < 1.29 is 17.9 Å². The molecular formula is C20H17ClF3N3OS. The number of nitrogens with zero attached hydrogens (tertiary/aromatic N) is 3. The molecule has 0 amide bonds. The van der Waals surface area contributed by atoms with Gasteiger partial charge < -0.3 is 4.74 Å². The van der Waals surface area contributed by atoms with Gasteiger partial charge in [0.15, 0.2) is 28.7 Å². The highest BCUT2D eigenvalue weighted by atomic mass is 35.5. The largest absolute Gasteiger partial charge is 0.480 e. The van der Waals surface area contributed by atoms with Crippen molar-refractivity contribution in [1.29, 1.82) is 0 Å². The second-order valence-electron chi connectivity index (χ2n) is 6.06. The van der Waals surface area contributed by atoms with Crippen LogP contribution in [0.15, 0.2) is 54.2 Å². The standard InChI is InChI=1S/C20H17ClF3N3OS/c1-3-9-27-19(12(2)28-18-8-7-13(22)10-17(18)24)25-26-20(27)29-11-14-15(21)5-4-6-16(14)23/h3-8,10,12H,1,9,11H2,2H3. The molecule has 0 saturated heterocycles. The Balaban J connectivity index is 1.81. The van der Waals surface area contributed by atoms with Crippen molar-refractivity contribution in [2.75, 3.05) is 0 Å². The maximum Gasteiger partial charge on any atom is 0.191 e. The molecule has 152 valence electrons. The number of hydrogen-bond donors (Lipinski definition) is 0. The van der Waals surface area contributed by atoms with E-state index in [2.05, 4.69) is 16.8 Å². The summed E-state index contributed by atoms with van der Waals surface area (Å²) in [4.78, 5) is 0. The van der Waals surface area contributed by atoms with Crippen molar-refractivity contribution in [3.8, 4) is 5.75 Å². The van der Waals surface area contributed by atoms with Crippen molar-refractivity contribution in [2.45, 2.75) is 30.5 Å². The van der Waals surface area contributed by atoms with Gasteiger partial charge in [-0.3, -0.25) is 4.57 Å². The van der Waals surface area contributed by atoms with Crippen LogP contribution in [0.5, 0.6) is 5.75 Å². The topological polar surface area (TPSA) is 39.9 Å². The molecule has 0 aliphatic carbocycles. The van der Waals surface area contributed by atoms with Crippen LogP contribution in [0, 0.1) is 17.5 Å². The van der Waals surface area contributed by atoms with Gasteiger partial charge in [-0.15, -0.1) is 16.8 Å². The van der Waals surface area contributed by atoms with Crippen molar-refractivity contribution in [2.24, 2.45) is 0 Å². The Morgan fingerprint density at radius 1 is 1.21 bits per heavy atom. The predicted octanol–water partition coefficient (Wildman–Crippen LogP) is 5.97. The van der Waals surface area contributed by atoms with E-state index in [4.69, 9.17) is 16.3 Å². The Morgan fingerprint density at radius 2 is 2.00 bits per heavy atom. The molecule has 0 N–H and O–H groups in total. The minimum Gasteiger partial charge on any atom is -0.480 e. The number of hydrogen-bond acceptors (Lipinski definition) is 4. The van der Waals surface area contributed by atoms with Crippen molar-refractivity contribution >= 4 is 23.4 Å². The fraction of sp³-hybridized carbons (Fsp3) is 0.200. The highest BCUT2D eigenvalue weighted by Crippen LogP contribution is 2.30. The van der Waals surface area contributed by atoms with E-state index < -0.39 is 23.6 Å². The minimum atomic E-state index is -0.810. The molecule has 1 atom stereocenters. The normalized spacial score (nSPS) is 12.0. The van der Waals surface area contributed by atoms with E-state index >= 15 is 0 Å². The van der Waals surface area contributed by atoms with Gasteiger partial charge in [0, 0.05) is 29.0 Å². The van der Waals surface area contributed by atoms with Gasteiger partial charge in [-0.25, -0.2) is 13.2 Å². The summed E-state index contributed by atoms with van der Waals surface area (Å²) in [5.74, 6) is -1.32. The smallest absolute Gasteiger partial charge is 0.191 e. The number of aromatic nitrogens is 3. The summed E-state index contributed by atoms with van der Waals surface area (Å²) < 4.78 is 48.3. The molecule has 0 aliphatic heterocycles. The first kappa shape index (κ1) is 21.3. The zero-order valence-electron chi connectivity index (χ0n) is 15.4. The summed E-state index contributed by atoms with van der Waals surface area (Å²) in [6.45, 7) is 5.77. The van der Waals surface area contributed by atoms with Crippen LogP contribution >= 0.6 is 23.4 Å². The first-order valence-electron chi connectivity index (χ1n) is 8.62. The van der Waals surface area contributed by atoms with Crippen LogP contribution < -0.4 is 4.74 Å². The SMILES string of the molecule is C=CCn1c(SCc2c(F)cccc2Cl)nnc1C(C)Oc1ccc(F)cc1F. The maximum absolute atomic E-state index is 14.0. The monoisotopic (exact) mass is 439 g/mol. The molecule has 0 spiro atoms. The van der Waals surface area contributed by atoms with E-state index in [1.54, 1.807) is 23.6 Å². The van der Waals surface area contributed by atoms with Gasteiger partial charge in [-0.1, -0.05) is 35.5 Å². The van der Waals surface area contributed by atoms with Crippen LogP contribution in [0.2, 0.25) is 5.02 Å². The number of rotatable bonds is 8. The molecule has 1 heterocycles. The number of thioether (sulfide) groups is 1. The fourth-order valence-electron chi connectivity index (χ4n) is 2.63. The van der Waals surface area contributed by atoms with Crippen LogP contribution in [0.4, 0.5) is 13.2 Å². The Kier molecular flexibility index (Phi) is 6.87. The Hall–Kier alpha value is -2.45. The van der Waals surface area contributed by atoms with E-state index in [1.807, 2.05) is 0 Å². The number of benzene rings is 2. The van der Waals surface area contributed by atoms with Gasteiger partial charge in [0.1, 0.15) is 11.6 Å². The molecule has 1 unspecified atom stereocenters. The van der Waals surface area contributed by atoms with Crippen LogP contribution in [0.25, 0.3) is 0 Å². The van der Waals surface area contributed by atoms with Gasteiger partial charge in [0.25, 0.3) is 0 Å². The van der Waals surface area contributed by atoms with E-state index in [1.165, 1.54) is 30.0 Å². The first-order chi connectivity index (χ1) is 13.9. The van der Waals surface area contributed by atoms with Gasteiger partial charge in [0.05, 0.1) is 0 Å². The molecule has 0 bridgehead atoms. The molecule has 0 saturated carbocycles. The summed E-state index contributed by atoms with van der Waals surface area (Å²) in [5.41, 5.74) is 0.367. The minimum absolute atomic E-state index is 0.0978. The molecule has 4 nitrogen and oxygen atoms in total. The predicted molar refractivity (Wildman–Crippen MR) is 107 cm³/mol. The summed E-state index contributed by atoms with van der Waals surface area (Å²) >= 11 is 7.33. The average molecular weight is 440 g/mol. The van der Waals surface area contributed by atoms with E-state index in [9.17, 15) is 13.2 Å². The third-order valence-electron chi connectivity index (χ3n) is 4.03. The Labute approximate surface area is 175 Å². The van der Waals surface area contributed by atoms with Gasteiger partial charge in [-0.2, -0.15) is 0 Å². The zero-order valence-corrected chi connectivity index (χ0v) is 17.0. The van der Waals surface area contributed by atoms with E-state index in [0.717, 1.165) is 12.1 Å². The third-order valence-corrected chi connectivity index (χ3v) is 5.37. The lowest BCUT2D eigenvalue weighted by Gasteiger charge is -2.16. The number of ether oxygens (including phenoxy) is 1. The fourth-order valence-corrected chi connectivity index (χ4v) is 3.93. The van der Waals surface area contributed by atoms with Gasteiger partial charge >= 0.3 is 0 Å². The van der Waals surface area contributed by atoms with Crippen LogP contribution in [-0.4, -0.2) is 14.8 Å². The lowest BCUT2D eigenvalue weighted by molar-refractivity contribution is 0.200. The molecule has 9 heteroatoms. The van der Waals surface area contributed by atoms with E-state index in [0.29, 0.717) is 28.1 Å². The summed E-state index contributed by atoms with van der Waals surface area (Å²) in [6, 6.07) is 7.57. The Bertz CT molecular complexity index is 1010. The molecule has 3 rings (SSSR count).